The fraction of sp³-hybridized carbons (Fsp3) is 1.00. The Kier molecular flexibility index (Phi) is 6.07. The van der Waals surface area contributed by atoms with Gasteiger partial charge >= 0.3 is 0 Å². The first-order valence-corrected chi connectivity index (χ1v) is 7.76. The highest BCUT2D eigenvalue weighted by Crippen LogP contribution is 2.37. The molecule has 2 rings (SSSR count). The van der Waals surface area contributed by atoms with E-state index in [0.717, 1.165) is 65.1 Å². The van der Waals surface area contributed by atoms with Gasteiger partial charge in [0.05, 0.1) is 12.2 Å². The summed E-state index contributed by atoms with van der Waals surface area (Å²) in [6.07, 6.45) is 5.54. The number of nitrogens with one attached hydrogen (secondary N) is 1. The Bertz CT molecular complexity index is 254. The molecule has 2 aliphatic rings. The van der Waals surface area contributed by atoms with E-state index in [9.17, 15) is 0 Å². The van der Waals surface area contributed by atoms with Crippen LogP contribution in [0.2, 0.25) is 0 Å². The van der Waals surface area contributed by atoms with E-state index in [-0.39, 0.29) is 5.60 Å². The van der Waals surface area contributed by atoms with E-state index in [1.807, 2.05) is 0 Å². The van der Waals surface area contributed by atoms with Gasteiger partial charge in [0, 0.05) is 38.9 Å². The molecule has 0 aliphatic carbocycles. The minimum absolute atomic E-state index is 0.0162. The van der Waals surface area contributed by atoms with Gasteiger partial charge in [-0.15, -0.1) is 0 Å². The molecule has 2 aliphatic heterocycles. The zero-order valence-electron chi connectivity index (χ0n) is 12.5. The van der Waals surface area contributed by atoms with Crippen LogP contribution in [0.15, 0.2) is 0 Å². The van der Waals surface area contributed by atoms with E-state index in [1.54, 1.807) is 0 Å². The molecule has 1 N–H and O–H groups in total. The zero-order chi connectivity index (χ0) is 13.6. The Morgan fingerprint density at radius 3 is 2.95 bits per heavy atom. The van der Waals surface area contributed by atoms with Crippen LogP contribution in [0.1, 0.15) is 39.0 Å². The molecule has 0 radical (unpaired) electrons. The van der Waals surface area contributed by atoms with Crippen LogP contribution in [-0.2, 0) is 14.2 Å². The van der Waals surface area contributed by atoms with Crippen molar-refractivity contribution in [3.8, 4) is 0 Å². The summed E-state index contributed by atoms with van der Waals surface area (Å²) in [6, 6.07) is 0.540. The van der Waals surface area contributed by atoms with Crippen molar-refractivity contribution in [2.75, 3.05) is 40.1 Å². The van der Waals surface area contributed by atoms with Crippen LogP contribution in [0.5, 0.6) is 0 Å². The lowest BCUT2D eigenvalue weighted by molar-refractivity contribution is -0.103. The highest BCUT2D eigenvalue weighted by Gasteiger charge is 2.42. The van der Waals surface area contributed by atoms with E-state index in [4.69, 9.17) is 14.2 Å². The summed E-state index contributed by atoms with van der Waals surface area (Å²) in [5.41, 5.74) is 0.0162. The first-order valence-electron chi connectivity index (χ1n) is 7.76. The third kappa shape index (κ3) is 4.15. The summed E-state index contributed by atoms with van der Waals surface area (Å²) in [5.74, 6) is 0.686. The molecule has 0 aromatic carbocycles. The zero-order valence-corrected chi connectivity index (χ0v) is 12.5. The standard InChI is InChI=1S/C15H29NO3/c1-3-7-17-8-5-14(16-2)13-4-9-19-15(11-13)6-10-18-12-15/h13-14,16H,3-12H2,1-2H3. The Balaban J connectivity index is 1.80. The van der Waals surface area contributed by atoms with Crippen LogP contribution in [0.25, 0.3) is 0 Å². The molecule has 1 spiro atoms. The predicted octanol–water partition coefficient (Wildman–Crippen LogP) is 1.98. The molecule has 0 aromatic rings. The highest BCUT2D eigenvalue weighted by molar-refractivity contribution is 4.93. The average Bonchev–Trinajstić information content (AvgIpc) is 2.87. The Hall–Kier alpha value is -0.160. The van der Waals surface area contributed by atoms with Crippen LogP contribution in [0.3, 0.4) is 0 Å². The maximum absolute atomic E-state index is 6.01. The van der Waals surface area contributed by atoms with Gasteiger partial charge < -0.3 is 19.5 Å². The maximum Gasteiger partial charge on any atom is 0.0939 e. The monoisotopic (exact) mass is 271 g/mol. The van der Waals surface area contributed by atoms with E-state index in [1.165, 1.54) is 0 Å². The fourth-order valence-electron chi connectivity index (χ4n) is 3.34. The lowest BCUT2D eigenvalue weighted by Crippen LogP contribution is -2.46. The minimum atomic E-state index is 0.0162. The Labute approximate surface area is 117 Å². The summed E-state index contributed by atoms with van der Waals surface area (Å²) in [4.78, 5) is 0. The van der Waals surface area contributed by atoms with Gasteiger partial charge in [-0.3, -0.25) is 0 Å². The van der Waals surface area contributed by atoms with Crippen molar-refractivity contribution in [2.24, 2.45) is 5.92 Å². The van der Waals surface area contributed by atoms with E-state index < -0.39 is 0 Å². The third-order valence-electron chi connectivity index (χ3n) is 4.46. The normalized spacial score (nSPS) is 32.8. The van der Waals surface area contributed by atoms with Gasteiger partial charge in [0.15, 0.2) is 0 Å². The number of rotatable bonds is 7. The first-order chi connectivity index (χ1) is 9.29. The lowest BCUT2D eigenvalue weighted by atomic mass is 9.80. The molecule has 0 saturated carbocycles. The molecule has 4 nitrogen and oxygen atoms in total. The second-order valence-electron chi connectivity index (χ2n) is 5.88. The van der Waals surface area contributed by atoms with Gasteiger partial charge in [-0.1, -0.05) is 6.92 Å². The van der Waals surface area contributed by atoms with Crippen molar-refractivity contribution in [1.29, 1.82) is 0 Å². The Morgan fingerprint density at radius 2 is 2.26 bits per heavy atom. The Morgan fingerprint density at radius 1 is 1.37 bits per heavy atom. The van der Waals surface area contributed by atoms with Gasteiger partial charge in [0.1, 0.15) is 0 Å². The molecular weight excluding hydrogens is 242 g/mol. The van der Waals surface area contributed by atoms with E-state index >= 15 is 0 Å². The average molecular weight is 271 g/mol. The molecule has 2 fully saturated rings. The van der Waals surface area contributed by atoms with E-state index in [0.29, 0.717) is 12.0 Å². The van der Waals surface area contributed by atoms with Crippen LogP contribution < -0.4 is 5.32 Å². The third-order valence-corrected chi connectivity index (χ3v) is 4.46. The van der Waals surface area contributed by atoms with Crippen LogP contribution in [-0.4, -0.2) is 51.7 Å². The van der Waals surface area contributed by atoms with Crippen molar-refractivity contribution in [3.63, 3.8) is 0 Å². The molecule has 3 unspecified atom stereocenters. The fourth-order valence-corrected chi connectivity index (χ4v) is 3.34. The summed E-state index contributed by atoms with van der Waals surface area (Å²) in [6.45, 7) is 6.41. The molecule has 4 heteroatoms. The van der Waals surface area contributed by atoms with Gasteiger partial charge in [-0.2, -0.15) is 0 Å². The van der Waals surface area contributed by atoms with Crippen molar-refractivity contribution in [2.45, 2.75) is 50.7 Å². The maximum atomic E-state index is 6.01. The smallest absolute Gasteiger partial charge is 0.0939 e. The minimum Gasteiger partial charge on any atom is -0.381 e. The van der Waals surface area contributed by atoms with Crippen molar-refractivity contribution < 1.29 is 14.2 Å². The molecule has 0 aromatic heterocycles. The molecule has 0 amide bonds. The molecular formula is C15H29NO3. The number of ether oxygens (including phenoxy) is 3. The molecule has 2 saturated heterocycles. The SMILES string of the molecule is CCCOCCC(NC)C1CCOC2(CCOC2)C1. The van der Waals surface area contributed by atoms with Gasteiger partial charge in [0.25, 0.3) is 0 Å². The second kappa shape index (κ2) is 7.58. The summed E-state index contributed by atoms with van der Waals surface area (Å²) < 4.78 is 17.2. The molecule has 19 heavy (non-hydrogen) atoms. The summed E-state index contributed by atoms with van der Waals surface area (Å²) in [7, 11) is 2.07. The van der Waals surface area contributed by atoms with Crippen molar-refractivity contribution >= 4 is 0 Å². The second-order valence-corrected chi connectivity index (χ2v) is 5.88. The van der Waals surface area contributed by atoms with Gasteiger partial charge in [0.2, 0.25) is 0 Å². The molecule has 112 valence electrons. The number of hydrogen-bond acceptors (Lipinski definition) is 4. The van der Waals surface area contributed by atoms with Crippen molar-refractivity contribution in [1.82, 2.24) is 5.32 Å². The number of hydrogen-bond donors (Lipinski definition) is 1. The predicted molar refractivity (Wildman–Crippen MR) is 75.4 cm³/mol. The summed E-state index contributed by atoms with van der Waals surface area (Å²) >= 11 is 0. The largest absolute Gasteiger partial charge is 0.381 e. The highest BCUT2D eigenvalue weighted by atomic mass is 16.6. The first kappa shape index (κ1) is 15.2. The summed E-state index contributed by atoms with van der Waals surface area (Å²) in [5, 5.41) is 3.48. The van der Waals surface area contributed by atoms with Crippen LogP contribution >= 0.6 is 0 Å². The van der Waals surface area contributed by atoms with Crippen LogP contribution in [0, 0.1) is 5.92 Å². The van der Waals surface area contributed by atoms with Crippen molar-refractivity contribution in [3.05, 3.63) is 0 Å². The lowest BCUT2D eigenvalue weighted by Gasteiger charge is -2.40. The van der Waals surface area contributed by atoms with E-state index in [2.05, 4.69) is 19.3 Å². The molecule has 3 atom stereocenters. The quantitative estimate of drug-likeness (QED) is 0.719. The van der Waals surface area contributed by atoms with Gasteiger partial charge in [-0.25, -0.2) is 0 Å². The topological polar surface area (TPSA) is 39.7 Å². The van der Waals surface area contributed by atoms with Gasteiger partial charge in [-0.05, 0) is 38.6 Å². The molecule has 0 bridgehead atoms. The van der Waals surface area contributed by atoms with Crippen LogP contribution in [0.4, 0.5) is 0 Å². The molecule has 2 heterocycles.